The summed E-state index contributed by atoms with van der Waals surface area (Å²) in [6.45, 7) is 0.591. The lowest BCUT2D eigenvalue weighted by atomic mass is 10.0. The molecule has 5 rings (SSSR count). The normalized spacial score (nSPS) is 14.6. The molecule has 4 aromatic rings. The van der Waals surface area contributed by atoms with Crippen molar-refractivity contribution in [2.45, 2.75) is 13.2 Å². The summed E-state index contributed by atoms with van der Waals surface area (Å²) < 4.78 is 13.3. The highest BCUT2D eigenvalue weighted by Gasteiger charge is 2.35. The largest absolute Gasteiger partial charge is 0.493 e. The highest BCUT2D eigenvalue weighted by molar-refractivity contribution is 9.10. The third-order valence-electron chi connectivity index (χ3n) is 5.93. The molecule has 1 fully saturated rings. The molecule has 1 aliphatic heterocycles. The summed E-state index contributed by atoms with van der Waals surface area (Å²) in [5.41, 5.74) is 2.66. The zero-order valence-electron chi connectivity index (χ0n) is 19.7. The molecule has 186 valence electrons. The second kappa shape index (κ2) is 11.1. The lowest BCUT2D eigenvalue weighted by Gasteiger charge is -2.15. The van der Waals surface area contributed by atoms with Crippen LogP contribution in [0.4, 0.5) is 4.79 Å². The fourth-order valence-corrected chi connectivity index (χ4v) is 5.76. The maximum Gasteiger partial charge on any atom is 0.293 e. The molecule has 5 nitrogen and oxygen atoms in total. The molecule has 1 aliphatic rings. The van der Waals surface area contributed by atoms with Crippen LogP contribution >= 0.6 is 43.6 Å². The van der Waals surface area contributed by atoms with E-state index in [4.69, 9.17) is 9.47 Å². The number of methoxy groups -OCH3 is 1. The minimum Gasteiger partial charge on any atom is -0.493 e. The Labute approximate surface area is 235 Å². The lowest BCUT2D eigenvalue weighted by Crippen LogP contribution is -2.27. The Kier molecular flexibility index (Phi) is 7.69. The fraction of sp³-hybridized carbons (Fsp3) is 0.103. The van der Waals surface area contributed by atoms with Crippen molar-refractivity contribution in [2.24, 2.45) is 0 Å². The standard InChI is InChI=1S/C29H21Br2NO4S/c1-35-25-14-19(13-24(31)27(25)36-17-18-9-11-22(30)12-10-18)15-26-28(33)32(29(34)37-26)16-21-7-4-6-20-5-2-3-8-23(20)21/h2-15H,16-17H2,1H3/b26-15-. The van der Waals surface area contributed by atoms with Crippen LogP contribution in [0, 0.1) is 0 Å². The first-order valence-corrected chi connectivity index (χ1v) is 13.8. The van der Waals surface area contributed by atoms with Crippen molar-refractivity contribution >= 4 is 71.6 Å². The third kappa shape index (κ3) is 5.61. The van der Waals surface area contributed by atoms with E-state index in [2.05, 4.69) is 31.9 Å². The smallest absolute Gasteiger partial charge is 0.293 e. The number of imide groups is 1. The number of ether oxygens (including phenoxy) is 2. The molecule has 0 unspecified atom stereocenters. The maximum atomic E-state index is 13.2. The topological polar surface area (TPSA) is 55.8 Å². The van der Waals surface area contributed by atoms with E-state index >= 15 is 0 Å². The number of nitrogens with zero attached hydrogens (tertiary/aromatic N) is 1. The first-order valence-electron chi connectivity index (χ1n) is 11.4. The number of rotatable bonds is 7. The van der Waals surface area contributed by atoms with Crippen molar-refractivity contribution in [3.63, 3.8) is 0 Å². The Morgan fingerprint density at radius 1 is 0.946 bits per heavy atom. The van der Waals surface area contributed by atoms with Gasteiger partial charge in [0.2, 0.25) is 0 Å². The van der Waals surface area contributed by atoms with Gasteiger partial charge in [0.05, 0.1) is 23.0 Å². The minimum atomic E-state index is -0.311. The van der Waals surface area contributed by atoms with E-state index in [1.54, 1.807) is 19.3 Å². The van der Waals surface area contributed by atoms with Gasteiger partial charge in [0, 0.05) is 4.47 Å². The number of carbonyl (C=O) groups excluding carboxylic acids is 2. The van der Waals surface area contributed by atoms with Gasteiger partial charge in [-0.1, -0.05) is 70.5 Å². The van der Waals surface area contributed by atoms with E-state index in [0.29, 0.717) is 27.5 Å². The zero-order valence-corrected chi connectivity index (χ0v) is 23.7. The predicted molar refractivity (Wildman–Crippen MR) is 155 cm³/mol. The number of halogens is 2. The molecular weight excluding hydrogens is 618 g/mol. The highest BCUT2D eigenvalue weighted by Crippen LogP contribution is 2.40. The van der Waals surface area contributed by atoms with Gasteiger partial charge in [0.15, 0.2) is 11.5 Å². The Morgan fingerprint density at radius 2 is 1.70 bits per heavy atom. The van der Waals surface area contributed by atoms with Crippen LogP contribution in [0.5, 0.6) is 11.5 Å². The van der Waals surface area contributed by atoms with Crippen LogP contribution in [0.2, 0.25) is 0 Å². The highest BCUT2D eigenvalue weighted by atomic mass is 79.9. The van der Waals surface area contributed by atoms with E-state index in [0.717, 1.165) is 43.7 Å². The van der Waals surface area contributed by atoms with Crippen molar-refractivity contribution in [2.75, 3.05) is 7.11 Å². The third-order valence-corrected chi connectivity index (χ3v) is 7.95. The lowest BCUT2D eigenvalue weighted by molar-refractivity contribution is -0.123. The number of fused-ring (bicyclic) bond motifs is 1. The van der Waals surface area contributed by atoms with Gasteiger partial charge >= 0.3 is 0 Å². The van der Waals surface area contributed by atoms with E-state index < -0.39 is 0 Å². The van der Waals surface area contributed by atoms with Gasteiger partial charge in [0.25, 0.3) is 11.1 Å². The molecule has 0 saturated carbocycles. The zero-order chi connectivity index (χ0) is 25.9. The molecule has 2 amide bonds. The van der Waals surface area contributed by atoms with Gasteiger partial charge < -0.3 is 9.47 Å². The number of hydrogen-bond donors (Lipinski definition) is 0. The second-order valence-electron chi connectivity index (χ2n) is 8.36. The van der Waals surface area contributed by atoms with Gasteiger partial charge in [-0.25, -0.2) is 0 Å². The van der Waals surface area contributed by atoms with Crippen LogP contribution in [0.1, 0.15) is 16.7 Å². The van der Waals surface area contributed by atoms with Crippen molar-refractivity contribution in [1.29, 1.82) is 0 Å². The molecule has 0 spiro atoms. The number of amides is 2. The van der Waals surface area contributed by atoms with Gasteiger partial charge in [-0.2, -0.15) is 0 Å². The van der Waals surface area contributed by atoms with Crippen LogP contribution in [0.25, 0.3) is 16.8 Å². The summed E-state index contributed by atoms with van der Waals surface area (Å²) in [5.74, 6) is 0.771. The summed E-state index contributed by atoms with van der Waals surface area (Å²) >= 11 is 7.94. The molecule has 0 atom stereocenters. The molecule has 1 heterocycles. The van der Waals surface area contributed by atoms with Gasteiger partial charge in [0.1, 0.15) is 6.61 Å². The first kappa shape index (κ1) is 25.6. The van der Waals surface area contributed by atoms with Gasteiger partial charge in [-0.15, -0.1) is 0 Å². The van der Waals surface area contributed by atoms with E-state index in [9.17, 15) is 9.59 Å². The molecule has 0 radical (unpaired) electrons. The van der Waals surface area contributed by atoms with Crippen molar-refractivity contribution in [1.82, 2.24) is 4.90 Å². The molecule has 4 aromatic carbocycles. The predicted octanol–water partition coefficient (Wildman–Crippen LogP) is 8.19. The van der Waals surface area contributed by atoms with Crippen molar-refractivity contribution in [3.8, 4) is 11.5 Å². The number of thioether (sulfide) groups is 1. The van der Waals surface area contributed by atoms with Crippen molar-refractivity contribution in [3.05, 3.63) is 109 Å². The van der Waals surface area contributed by atoms with Gasteiger partial charge in [-0.05, 0) is 85.5 Å². The van der Waals surface area contributed by atoms with E-state index in [-0.39, 0.29) is 17.7 Å². The summed E-state index contributed by atoms with van der Waals surface area (Å²) in [4.78, 5) is 27.6. The number of hydrogen-bond acceptors (Lipinski definition) is 5. The number of carbonyl (C=O) groups is 2. The Hall–Kier alpha value is -3.07. The summed E-state index contributed by atoms with van der Waals surface area (Å²) in [5, 5.41) is 1.81. The number of benzene rings is 4. The average Bonchev–Trinajstić information content (AvgIpc) is 3.16. The molecule has 0 aromatic heterocycles. The molecular formula is C29H21Br2NO4S. The molecule has 37 heavy (non-hydrogen) atoms. The fourth-order valence-electron chi connectivity index (χ4n) is 4.09. The van der Waals surface area contributed by atoms with Crippen LogP contribution in [0.3, 0.4) is 0 Å². The SMILES string of the molecule is COc1cc(/C=C2\SC(=O)N(Cc3cccc4ccccc34)C2=O)cc(Br)c1OCc1ccc(Br)cc1. The quantitative estimate of drug-likeness (QED) is 0.191. The van der Waals surface area contributed by atoms with Crippen LogP contribution in [-0.2, 0) is 17.9 Å². The first-order chi connectivity index (χ1) is 17.9. The minimum absolute atomic E-state index is 0.221. The molecule has 0 bridgehead atoms. The summed E-state index contributed by atoms with van der Waals surface area (Å²) in [6.07, 6.45) is 1.71. The average molecular weight is 639 g/mol. The van der Waals surface area contributed by atoms with Crippen molar-refractivity contribution < 1.29 is 19.1 Å². The molecule has 1 saturated heterocycles. The van der Waals surface area contributed by atoms with E-state index in [1.165, 1.54) is 4.90 Å². The molecule has 8 heteroatoms. The van der Waals surface area contributed by atoms with Crippen LogP contribution < -0.4 is 9.47 Å². The summed E-state index contributed by atoms with van der Waals surface area (Å²) in [6, 6.07) is 25.4. The maximum absolute atomic E-state index is 13.2. The molecule has 0 aliphatic carbocycles. The summed E-state index contributed by atoms with van der Waals surface area (Å²) in [7, 11) is 1.57. The van der Waals surface area contributed by atoms with Gasteiger partial charge in [-0.3, -0.25) is 14.5 Å². The second-order valence-corrected chi connectivity index (χ2v) is 11.1. The Bertz CT molecular complexity index is 1530. The molecule has 0 N–H and O–H groups in total. The van der Waals surface area contributed by atoms with Crippen LogP contribution in [-0.4, -0.2) is 23.2 Å². The Balaban J connectivity index is 1.36. The monoisotopic (exact) mass is 637 g/mol. The Morgan fingerprint density at radius 3 is 2.49 bits per heavy atom. The van der Waals surface area contributed by atoms with E-state index in [1.807, 2.05) is 72.8 Å². The van der Waals surface area contributed by atoms with Crippen LogP contribution in [0.15, 0.2) is 92.7 Å².